The van der Waals surface area contributed by atoms with Gasteiger partial charge in [0.2, 0.25) is 0 Å². The Balaban J connectivity index is -0.000000811. The van der Waals surface area contributed by atoms with E-state index in [0.717, 1.165) is 5.75 Å². The second kappa shape index (κ2) is 44.2. The smallest absolute Gasteiger partial charge is 0.118 e. The second-order valence-corrected chi connectivity index (χ2v) is 16.9. The lowest BCUT2D eigenvalue weighted by atomic mass is 9.93. The van der Waals surface area contributed by atoms with E-state index < -0.39 is 0 Å². The van der Waals surface area contributed by atoms with Crippen LogP contribution >= 0.6 is 23.5 Å². The van der Waals surface area contributed by atoms with Gasteiger partial charge < -0.3 is 9.47 Å². The third-order valence-corrected chi connectivity index (χ3v) is 12.1. The molecule has 0 spiro atoms. The minimum atomic E-state index is 0. The quantitative estimate of drug-likeness (QED) is 0.127. The number of benzene rings is 9. The topological polar surface area (TPSA) is 18.5 Å². The predicted octanol–water partition coefficient (Wildman–Crippen LogP) is 21.3. The van der Waals surface area contributed by atoms with Gasteiger partial charge in [0, 0.05) is 17.9 Å². The average Bonchev–Trinajstić information content (AvgIpc) is 3.42. The summed E-state index contributed by atoms with van der Waals surface area (Å²) in [4.78, 5) is 1.33. The van der Waals surface area contributed by atoms with Gasteiger partial charge in [0.15, 0.2) is 0 Å². The summed E-state index contributed by atoms with van der Waals surface area (Å²) in [5, 5.41) is 0.451. The summed E-state index contributed by atoms with van der Waals surface area (Å²) in [6.45, 7) is 4.32. The molecule has 0 unspecified atom stereocenters. The molecule has 9 aromatic rings. The van der Waals surface area contributed by atoms with Gasteiger partial charge in [-0.1, -0.05) is 306 Å². The Hall–Kier alpha value is -6.56. The zero-order valence-corrected chi connectivity index (χ0v) is 41.5. The monoisotopic (exact) mass is 1010 g/mol. The fourth-order valence-electron chi connectivity index (χ4n) is 6.76. The molecule has 0 saturated carbocycles. The van der Waals surface area contributed by atoms with Crippen molar-refractivity contribution in [2.45, 2.75) is 80.6 Å². The van der Waals surface area contributed by atoms with Gasteiger partial charge in [-0.25, -0.2) is 0 Å². The lowest BCUT2D eigenvalue weighted by Gasteiger charge is -2.15. The first-order valence-electron chi connectivity index (χ1n) is 22.5. The molecular formula is C69H90O2S2. The van der Waals surface area contributed by atoms with Crippen LogP contribution in [0.25, 0.3) is 0 Å². The van der Waals surface area contributed by atoms with E-state index in [1.807, 2.05) is 115 Å². The molecule has 4 heteroatoms. The highest BCUT2D eigenvalue weighted by molar-refractivity contribution is 7.99. The van der Waals surface area contributed by atoms with Gasteiger partial charge in [0.25, 0.3) is 0 Å². The highest BCUT2D eigenvalue weighted by Gasteiger charge is 2.12. The van der Waals surface area contributed by atoms with Crippen LogP contribution in [0, 0.1) is 6.92 Å². The summed E-state index contributed by atoms with van der Waals surface area (Å²) in [5.41, 5.74) is 9.18. The molecule has 0 aliphatic carbocycles. The van der Waals surface area contributed by atoms with E-state index in [9.17, 15) is 0 Å². The molecule has 0 heterocycles. The van der Waals surface area contributed by atoms with Crippen LogP contribution in [0.15, 0.2) is 278 Å². The molecule has 9 aromatic carbocycles. The van der Waals surface area contributed by atoms with Gasteiger partial charge in [0.1, 0.15) is 11.9 Å². The maximum absolute atomic E-state index is 5.52. The number of hydrogen-bond donors (Lipinski definition) is 0. The Morgan fingerprint density at radius 3 is 0.808 bits per heavy atom. The molecule has 9 rings (SSSR count). The Morgan fingerprint density at radius 1 is 0.329 bits per heavy atom. The molecule has 73 heavy (non-hydrogen) atoms. The van der Waals surface area contributed by atoms with Gasteiger partial charge in [-0.05, 0) is 77.1 Å². The number of methoxy groups -OCH3 is 2. The van der Waals surface area contributed by atoms with Crippen molar-refractivity contribution < 1.29 is 9.47 Å². The van der Waals surface area contributed by atoms with Crippen molar-refractivity contribution in [3.05, 3.63) is 312 Å². The molecule has 0 fully saturated rings. The van der Waals surface area contributed by atoms with Crippen LogP contribution < -0.4 is 4.74 Å². The number of para-hydroxylation sites is 1. The van der Waals surface area contributed by atoms with E-state index in [-0.39, 0.29) is 50.7 Å². The van der Waals surface area contributed by atoms with Crippen molar-refractivity contribution in [2.24, 2.45) is 0 Å². The van der Waals surface area contributed by atoms with E-state index in [2.05, 4.69) is 196 Å². The zero-order chi connectivity index (χ0) is 47.6. The second-order valence-electron chi connectivity index (χ2n) is 15.1. The summed E-state index contributed by atoms with van der Waals surface area (Å²) in [5.74, 6) is 1.39. The standard InChI is InChI=1S/C14H14O.C14H14S.C14H14.C7H8O.C7H8S.C7H8.6CH4/c2*1-15-14(12-8-4-2-5-9-12)13-10-6-3-7-11-13;1-12(13-8-4-2-5-9-13)14-10-6-3-7-11-14;2*1-8-7-5-3-2-4-6-7;1-7-5-3-2-4-6-7;;;;;;/h2*2-11,14H,1H3;2-12H,1H3;2*2-6H,1H3;2-6H,1H3;6*1H4. The molecule has 0 aliphatic heterocycles. The van der Waals surface area contributed by atoms with Crippen LogP contribution in [0.4, 0.5) is 0 Å². The molecule has 0 aliphatic rings. The number of ether oxygens (including phenoxy) is 2. The van der Waals surface area contributed by atoms with Crippen LogP contribution in [0.3, 0.4) is 0 Å². The van der Waals surface area contributed by atoms with Crippen molar-refractivity contribution in [1.29, 1.82) is 0 Å². The van der Waals surface area contributed by atoms with Crippen LogP contribution in [0.1, 0.15) is 108 Å². The number of aryl methyl sites for hydroxylation is 1. The first-order valence-corrected chi connectivity index (χ1v) is 25.0. The molecule has 0 saturated heterocycles. The summed E-state index contributed by atoms with van der Waals surface area (Å²) >= 11 is 3.64. The minimum Gasteiger partial charge on any atom is -0.497 e. The van der Waals surface area contributed by atoms with Gasteiger partial charge >= 0.3 is 0 Å². The van der Waals surface area contributed by atoms with E-state index in [0.29, 0.717) is 11.2 Å². The van der Waals surface area contributed by atoms with Crippen molar-refractivity contribution in [1.82, 2.24) is 0 Å². The Labute approximate surface area is 455 Å². The molecule has 0 amide bonds. The number of hydrogen-bond acceptors (Lipinski definition) is 4. The summed E-state index contributed by atoms with van der Waals surface area (Å²) in [6.07, 6.45) is 4.27. The molecule has 0 N–H and O–H groups in total. The molecule has 0 radical (unpaired) electrons. The summed E-state index contributed by atoms with van der Waals surface area (Å²) < 4.78 is 10.4. The van der Waals surface area contributed by atoms with Gasteiger partial charge in [-0.3, -0.25) is 0 Å². The molecule has 0 atom stereocenters. The number of rotatable bonds is 10. The lowest BCUT2D eigenvalue weighted by molar-refractivity contribution is 0.136. The van der Waals surface area contributed by atoms with E-state index in [1.165, 1.54) is 43.8 Å². The Bertz CT molecular complexity index is 2260. The van der Waals surface area contributed by atoms with Crippen LogP contribution in [-0.2, 0) is 4.74 Å². The van der Waals surface area contributed by atoms with E-state index in [1.54, 1.807) is 26.0 Å². The highest BCUT2D eigenvalue weighted by Crippen LogP contribution is 2.33. The summed E-state index contributed by atoms with van der Waals surface area (Å²) in [7, 11) is 3.40. The first kappa shape index (κ1) is 70.7. The summed E-state index contributed by atoms with van der Waals surface area (Å²) in [6, 6.07) is 93.2. The third kappa shape index (κ3) is 27.7. The number of thioether (sulfide) groups is 2. The third-order valence-electron chi connectivity index (χ3n) is 10.4. The van der Waals surface area contributed by atoms with E-state index >= 15 is 0 Å². The molecule has 0 bridgehead atoms. The average molecular weight is 1020 g/mol. The fourth-order valence-corrected chi connectivity index (χ4v) is 8.05. The van der Waals surface area contributed by atoms with E-state index in [4.69, 9.17) is 9.47 Å². The molecule has 2 nitrogen and oxygen atoms in total. The first-order chi connectivity index (χ1) is 33.0. The molecule has 390 valence electrons. The largest absolute Gasteiger partial charge is 0.497 e. The molecular weight excluding hydrogens is 925 g/mol. The normalized spacial score (nSPS) is 9.11. The lowest BCUT2D eigenvalue weighted by Crippen LogP contribution is -2.02. The van der Waals surface area contributed by atoms with Crippen molar-refractivity contribution in [2.75, 3.05) is 26.7 Å². The predicted molar refractivity (Wildman–Crippen MR) is 333 cm³/mol. The fraction of sp³-hybridized carbons (Fsp3) is 0.217. The van der Waals surface area contributed by atoms with Crippen LogP contribution in [0.5, 0.6) is 5.75 Å². The SMILES string of the molecule is C.C.C.C.C.C.CC(c1ccccc1)c1ccccc1.COC(c1ccccc1)c1ccccc1.COc1ccccc1.CSC(c1ccccc1)c1ccccc1.CSc1ccccc1.Cc1ccccc1. The van der Waals surface area contributed by atoms with Crippen molar-refractivity contribution in [3.8, 4) is 5.75 Å². The van der Waals surface area contributed by atoms with Gasteiger partial charge in [-0.15, -0.1) is 11.8 Å². The highest BCUT2D eigenvalue weighted by atomic mass is 32.2. The maximum Gasteiger partial charge on any atom is 0.118 e. The maximum atomic E-state index is 5.52. The van der Waals surface area contributed by atoms with Crippen molar-refractivity contribution in [3.63, 3.8) is 0 Å². The zero-order valence-electron chi connectivity index (χ0n) is 39.8. The van der Waals surface area contributed by atoms with Gasteiger partial charge in [-0.2, -0.15) is 11.8 Å². The van der Waals surface area contributed by atoms with Gasteiger partial charge in [0.05, 0.1) is 12.4 Å². The van der Waals surface area contributed by atoms with Crippen LogP contribution in [-0.4, -0.2) is 26.7 Å². The molecule has 0 aromatic heterocycles. The Kier molecular flexibility index (Phi) is 42.8. The van der Waals surface area contributed by atoms with Crippen molar-refractivity contribution >= 4 is 23.5 Å². The van der Waals surface area contributed by atoms with Crippen LogP contribution in [0.2, 0.25) is 0 Å². The Morgan fingerprint density at radius 2 is 0.589 bits per heavy atom. The minimum absolute atomic E-state index is 0.